The van der Waals surface area contributed by atoms with Crippen molar-refractivity contribution in [3.8, 4) is 0 Å². The van der Waals surface area contributed by atoms with Crippen LogP contribution in [0.1, 0.15) is 57.3 Å². The van der Waals surface area contributed by atoms with E-state index in [1.165, 1.54) is 32.1 Å². The number of hydrogen-bond donors (Lipinski definition) is 2. The van der Waals surface area contributed by atoms with Crippen LogP contribution in [0, 0.1) is 12.3 Å². The average Bonchev–Trinajstić information content (AvgIpc) is 2.95. The largest absolute Gasteiger partial charge is 0.373 e. The van der Waals surface area contributed by atoms with Crippen LogP contribution in [0.4, 0.5) is 11.6 Å². The van der Waals surface area contributed by atoms with Crippen molar-refractivity contribution in [2.45, 2.75) is 59.3 Å². The second kappa shape index (κ2) is 6.42. The number of nitrogens with zero attached hydrogens (tertiary/aromatic N) is 2. The molecule has 1 fully saturated rings. The standard InChI is InChI=1S/C16H28N4/c1-5-13-19-14(17-4)12(3)15(20-13)18-11-16(6-2)9-7-8-10-16/h5-11H2,1-4H3,(H2,17,18,19,20). The van der Waals surface area contributed by atoms with E-state index in [0.717, 1.165) is 36.0 Å². The molecule has 0 aromatic carbocycles. The van der Waals surface area contributed by atoms with Gasteiger partial charge >= 0.3 is 0 Å². The number of aromatic nitrogens is 2. The molecule has 1 aliphatic carbocycles. The lowest BCUT2D eigenvalue weighted by Crippen LogP contribution is -2.26. The van der Waals surface area contributed by atoms with Crippen LogP contribution in [0.5, 0.6) is 0 Å². The van der Waals surface area contributed by atoms with Gasteiger partial charge in [-0.3, -0.25) is 0 Å². The topological polar surface area (TPSA) is 49.8 Å². The van der Waals surface area contributed by atoms with Crippen molar-refractivity contribution >= 4 is 11.6 Å². The fourth-order valence-electron chi connectivity index (χ4n) is 3.19. The number of anilines is 2. The molecule has 2 rings (SSSR count). The summed E-state index contributed by atoms with van der Waals surface area (Å²) in [5.74, 6) is 2.84. The number of nitrogens with one attached hydrogen (secondary N) is 2. The molecule has 0 atom stereocenters. The third-order valence-corrected chi connectivity index (χ3v) is 4.79. The molecule has 1 aromatic heterocycles. The Balaban J connectivity index is 2.16. The van der Waals surface area contributed by atoms with Gasteiger partial charge in [-0.25, -0.2) is 9.97 Å². The highest BCUT2D eigenvalue weighted by atomic mass is 15.1. The van der Waals surface area contributed by atoms with Crippen LogP contribution in [0.15, 0.2) is 0 Å². The Kier molecular flexibility index (Phi) is 4.84. The van der Waals surface area contributed by atoms with Crippen LogP contribution in [-0.4, -0.2) is 23.6 Å². The first-order chi connectivity index (χ1) is 9.64. The molecule has 0 saturated heterocycles. The number of rotatable bonds is 6. The highest BCUT2D eigenvalue weighted by Crippen LogP contribution is 2.41. The monoisotopic (exact) mass is 276 g/mol. The van der Waals surface area contributed by atoms with Crippen molar-refractivity contribution in [1.82, 2.24) is 9.97 Å². The van der Waals surface area contributed by atoms with Crippen molar-refractivity contribution < 1.29 is 0 Å². The van der Waals surface area contributed by atoms with Crippen LogP contribution in [0.2, 0.25) is 0 Å². The molecule has 0 radical (unpaired) electrons. The van der Waals surface area contributed by atoms with Crippen LogP contribution >= 0.6 is 0 Å². The summed E-state index contributed by atoms with van der Waals surface area (Å²) in [5, 5.41) is 6.78. The van der Waals surface area contributed by atoms with E-state index in [0.29, 0.717) is 5.41 Å². The Labute approximate surface area is 122 Å². The fourth-order valence-corrected chi connectivity index (χ4v) is 3.19. The highest BCUT2D eigenvalue weighted by Gasteiger charge is 2.31. The van der Waals surface area contributed by atoms with Crippen molar-refractivity contribution in [3.63, 3.8) is 0 Å². The van der Waals surface area contributed by atoms with Crippen molar-refractivity contribution in [1.29, 1.82) is 0 Å². The van der Waals surface area contributed by atoms with Gasteiger partial charge in [0.15, 0.2) is 0 Å². The van der Waals surface area contributed by atoms with Gasteiger partial charge in [0.05, 0.1) is 0 Å². The van der Waals surface area contributed by atoms with Crippen molar-refractivity contribution in [2.75, 3.05) is 24.2 Å². The molecule has 2 N–H and O–H groups in total. The minimum absolute atomic E-state index is 0.476. The molecular formula is C16H28N4. The van der Waals surface area contributed by atoms with E-state index in [1.54, 1.807) is 0 Å². The van der Waals surface area contributed by atoms with Gasteiger partial charge in [0, 0.05) is 25.6 Å². The average molecular weight is 276 g/mol. The van der Waals surface area contributed by atoms with Gasteiger partial charge in [0.1, 0.15) is 17.5 Å². The summed E-state index contributed by atoms with van der Waals surface area (Å²) >= 11 is 0. The lowest BCUT2D eigenvalue weighted by molar-refractivity contribution is 0.306. The molecule has 0 unspecified atom stereocenters. The van der Waals surface area contributed by atoms with E-state index < -0.39 is 0 Å². The smallest absolute Gasteiger partial charge is 0.134 e. The van der Waals surface area contributed by atoms with E-state index in [2.05, 4.69) is 41.4 Å². The van der Waals surface area contributed by atoms with E-state index in [4.69, 9.17) is 0 Å². The maximum absolute atomic E-state index is 4.66. The molecule has 20 heavy (non-hydrogen) atoms. The second-order valence-corrected chi connectivity index (χ2v) is 5.98. The molecule has 4 heteroatoms. The molecule has 0 bridgehead atoms. The summed E-state index contributed by atoms with van der Waals surface area (Å²) in [6.07, 6.45) is 7.56. The van der Waals surface area contributed by atoms with Crippen LogP contribution in [0.3, 0.4) is 0 Å². The lowest BCUT2D eigenvalue weighted by atomic mass is 9.83. The molecule has 1 aliphatic rings. The zero-order valence-electron chi connectivity index (χ0n) is 13.3. The Hall–Kier alpha value is -1.32. The molecule has 1 heterocycles. The minimum atomic E-state index is 0.476. The second-order valence-electron chi connectivity index (χ2n) is 5.98. The summed E-state index contributed by atoms with van der Waals surface area (Å²) in [7, 11) is 1.92. The number of aryl methyl sites for hydroxylation is 1. The first kappa shape index (κ1) is 15.1. The van der Waals surface area contributed by atoms with E-state index in [9.17, 15) is 0 Å². The Morgan fingerprint density at radius 1 is 1.10 bits per heavy atom. The Bertz CT molecular complexity index is 450. The van der Waals surface area contributed by atoms with Gasteiger partial charge in [-0.05, 0) is 31.6 Å². The first-order valence-corrected chi connectivity index (χ1v) is 7.93. The third kappa shape index (κ3) is 3.05. The highest BCUT2D eigenvalue weighted by molar-refractivity contribution is 5.57. The molecule has 0 aliphatic heterocycles. The molecule has 1 aromatic rings. The van der Waals surface area contributed by atoms with E-state index in [-0.39, 0.29) is 0 Å². The van der Waals surface area contributed by atoms with Gasteiger partial charge < -0.3 is 10.6 Å². The third-order valence-electron chi connectivity index (χ3n) is 4.79. The maximum Gasteiger partial charge on any atom is 0.134 e. The minimum Gasteiger partial charge on any atom is -0.373 e. The van der Waals surface area contributed by atoms with Gasteiger partial charge in [-0.1, -0.05) is 26.7 Å². The quantitative estimate of drug-likeness (QED) is 0.830. The van der Waals surface area contributed by atoms with Gasteiger partial charge in [0.25, 0.3) is 0 Å². The van der Waals surface area contributed by atoms with E-state index >= 15 is 0 Å². The molecule has 112 valence electrons. The summed E-state index contributed by atoms with van der Waals surface area (Å²) in [6.45, 7) is 7.53. The Morgan fingerprint density at radius 3 is 2.30 bits per heavy atom. The molecule has 4 nitrogen and oxygen atoms in total. The zero-order chi connectivity index (χ0) is 14.6. The molecular weight excluding hydrogens is 248 g/mol. The van der Waals surface area contributed by atoms with Gasteiger partial charge in [-0.15, -0.1) is 0 Å². The van der Waals surface area contributed by atoms with Crippen LogP contribution in [0.25, 0.3) is 0 Å². The summed E-state index contributed by atoms with van der Waals surface area (Å²) in [5.41, 5.74) is 1.60. The molecule has 1 saturated carbocycles. The normalized spacial score (nSPS) is 17.2. The van der Waals surface area contributed by atoms with Gasteiger partial charge in [0.2, 0.25) is 0 Å². The van der Waals surface area contributed by atoms with Crippen molar-refractivity contribution in [3.05, 3.63) is 11.4 Å². The molecule has 0 amide bonds. The van der Waals surface area contributed by atoms with Gasteiger partial charge in [-0.2, -0.15) is 0 Å². The molecule has 0 spiro atoms. The first-order valence-electron chi connectivity index (χ1n) is 7.93. The summed E-state index contributed by atoms with van der Waals surface area (Å²) in [4.78, 5) is 9.19. The SMILES string of the molecule is CCc1nc(NC)c(C)c(NCC2(CC)CCCC2)n1. The van der Waals surface area contributed by atoms with Crippen LogP contribution in [-0.2, 0) is 6.42 Å². The predicted molar refractivity (Wildman–Crippen MR) is 85.4 cm³/mol. The zero-order valence-corrected chi connectivity index (χ0v) is 13.3. The summed E-state index contributed by atoms with van der Waals surface area (Å²) in [6, 6.07) is 0. The van der Waals surface area contributed by atoms with Crippen molar-refractivity contribution in [2.24, 2.45) is 5.41 Å². The van der Waals surface area contributed by atoms with E-state index in [1.807, 2.05) is 7.05 Å². The predicted octanol–water partition coefficient (Wildman–Crippen LogP) is 3.77. The number of hydrogen-bond acceptors (Lipinski definition) is 4. The fraction of sp³-hybridized carbons (Fsp3) is 0.750. The lowest BCUT2D eigenvalue weighted by Gasteiger charge is -2.28. The Morgan fingerprint density at radius 2 is 1.75 bits per heavy atom. The summed E-state index contributed by atoms with van der Waals surface area (Å²) < 4.78 is 0. The maximum atomic E-state index is 4.66. The van der Waals surface area contributed by atoms with Crippen LogP contribution < -0.4 is 10.6 Å².